The molecule has 0 unspecified atom stereocenters. The number of nitroso groups, excluding NO2 is 1. The average Bonchev–Trinajstić information content (AvgIpc) is 2.78. The normalized spacial score (nSPS) is 11.2. The Labute approximate surface area is 199 Å². The van der Waals surface area contributed by atoms with Crippen LogP contribution in [0.25, 0.3) is 0 Å². The summed E-state index contributed by atoms with van der Waals surface area (Å²) in [5, 5.41) is 9.21. The monoisotopic (exact) mass is 511 g/mol. The molecular weight excluding hydrogens is 488 g/mol. The lowest BCUT2D eigenvalue weighted by Crippen LogP contribution is -2.58. The van der Waals surface area contributed by atoms with E-state index in [-0.39, 0.29) is 60.7 Å². The molecule has 188 valence electrons. The highest BCUT2D eigenvalue weighted by Crippen LogP contribution is 2.36. The molecule has 2 aromatic rings. The number of benzene rings is 2. The van der Waals surface area contributed by atoms with E-state index in [1.807, 2.05) is 0 Å². The van der Waals surface area contributed by atoms with E-state index in [2.05, 4.69) is 15.4 Å². The van der Waals surface area contributed by atoms with Crippen LogP contribution in [0.4, 0.5) is 22.7 Å². The fourth-order valence-electron chi connectivity index (χ4n) is 2.56. The number of nitrogens with zero attached hydrogens (tertiary/aromatic N) is 2. The summed E-state index contributed by atoms with van der Waals surface area (Å²) in [4.78, 5) is 31.9. The number of ether oxygens (including phenoxy) is 4. The smallest absolute Gasteiger partial charge is 0.302 e. The van der Waals surface area contributed by atoms with E-state index >= 15 is 0 Å². The molecular formula is C20H23N4O10S+. The first kappa shape index (κ1) is 27.1. The van der Waals surface area contributed by atoms with Crippen molar-refractivity contribution in [3.8, 4) is 11.5 Å². The molecule has 0 amide bonds. The van der Waals surface area contributed by atoms with Crippen LogP contribution in [0.15, 0.2) is 45.5 Å². The molecule has 0 saturated heterocycles. The van der Waals surface area contributed by atoms with Gasteiger partial charge in [-0.15, -0.1) is 4.91 Å². The van der Waals surface area contributed by atoms with Gasteiger partial charge in [0.1, 0.15) is 37.9 Å². The van der Waals surface area contributed by atoms with E-state index < -0.39 is 27.0 Å². The topological polar surface area (TPSA) is 207 Å². The molecule has 0 aliphatic carbocycles. The molecule has 0 aliphatic rings. The second-order valence-electron chi connectivity index (χ2n) is 6.71. The zero-order valence-corrected chi connectivity index (χ0v) is 19.5. The Bertz CT molecular complexity index is 1230. The van der Waals surface area contributed by atoms with Gasteiger partial charge >= 0.3 is 22.1 Å². The van der Waals surface area contributed by atoms with Crippen LogP contribution in [-0.2, 0) is 29.2 Å². The lowest BCUT2D eigenvalue weighted by Gasteiger charge is -2.13. The summed E-state index contributed by atoms with van der Waals surface area (Å²) in [6.07, 6.45) is 0. The number of carbonyl (C=O) groups excluding carboxylic acids is 2. The van der Waals surface area contributed by atoms with Gasteiger partial charge in [0, 0.05) is 37.2 Å². The third kappa shape index (κ3) is 8.63. The van der Waals surface area contributed by atoms with E-state index in [4.69, 9.17) is 24.7 Å². The molecule has 0 atom stereocenters. The summed E-state index contributed by atoms with van der Waals surface area (Å²) in [5.41, 5.74) is 5.83. The molecule has 0 aliphatic heterocycles. The van der Waals surface area contributed by atoms with Gasteiger partial charge in [-0.05, 0) is 17.3 Å². The SMILES string of the molecule is CC(=O)OCCOc1cc(N=[NH+]c2ccc(N=O)cc2S(=O)(=O)O)c(OCCOC(C)=O)cc1N. The third-order valence-corrected chi connectivity index (χ3v) is 4.92. The summed E-state index contributed by atoms with van der Waals surface area (Å²) < 4.78 is 53.6. The van der Waals surface area contributed by atoms with E-state index in [1.54, 1.807) is 0 Å². The number of hydrogen-bond donors (Lipinski definition) is 3. The van der Waals surface area contributed by atoms with Crippen LogP contribution in [0.2, 0.25) is 0 Å². The zero-order chi connectivity index (χ0) is 26.0. The van der Waals surface area contributed by atoms with Crippen LogP contribution in [0.5, 0.6) is 11.5 Å². The summed E-state index contributed by atoms with van der Waals surface area (Å²) in [6, 6.07) is 5.99. The predicted octanol–water partition coefficient (Wildman–Crippen LogP) is 1.29. The number of carbonyl (C=O) groups is 2. The lowest BCUT2D eigenvalue weighted by molar-refractivity contribution is -0.436. The predicted molar refractivity (Wildman–Crippen MR) is 120 cm³/mol. The second kappa shape index (κ2) is 12.4. The first-order valence-electron chi connectivity index (χ1n) is 9.88. The number of rotatable bonds is 12. The zero-order valence-electron chi connectivity index (χ0n) is 18.7. The van der Waals surface area contributed by atoms with Crippen molar-refractivity contribution in [1.29, 1.82) is 0 Å². The fourth-order valence-corrected chi connectivity index (χ4v) is 3.22. The number of hydrogen-bond acceptors (Lipinski definition) is 12. The quantitative estimate of drug-likeness (QED) is 0.0923. The molecule has 0 bridgehead atoms. The van der Waals surface area contributed by atoms with Gasteiger partial charge in [-0.25, -0.2) is 0 Å². The molecule has 2 rings (SSSR count). The van der Waals surface area contributed by atoms with Gasteiger partial charge in [-0.1, -0.05) is 5.11 Å². The summed E-state index contributed by atoms with van der Waals surface area (Å²) in [7, 11) is -4.73. The second-order valence-corrected chi connectivity index (χ2v) is 8.10. The number of nitrogen functional groups attached to an aromatic ring is 1. The summed E-state index contributed by atoms with van der Waals surface area (Å²) in [5.74, 6) is -0.708. The molecule has 0 spiro atoms. The first-order chi connectivity index (χ1) is 16.5. The molecule has 35 heavy (non-hydrogen) atoms. The molecule has 0 radical (unpaired) electrons. The number of esters is 2. The van der Waals surface area contributed by atoms with Gasteiger partial charge in [0.05, 0.1) is 5.69 Å². The molecule has 14 nitrogen and oxygen atoms in total. The highest BCUT2D eigenvalue weighted by Gasteiger charge is 2.22. The minimum Gasteiger partial charge on any atom is -0.488 e. The maximum Gasteiger partial charge on any atom is 0.302 e. The van der Waals surface area contributed by atoms with E-state index in [0.717, 1.165) is 6.07 Å². The van der Waals surface area contributed by atoms with Crippen molar-refractivity contribution in [1.82, 2.24) is 0 Å². The van der Waals surface area contributed by atoms with Gasteiger partial charge in [0.25, 0.3) is 5.69 Å². The average molecular weight is 511 g/mol. The van der Waals surface area contributed by atoms with Crippen molar-refractivity contribution < 1.29 is 46.6 Å². The van der Waals surface area contributed by atoms with Gasteiger partial charge in [0.2, 0.25) is 0 Å². The molecule has 15 heteroatoms. The van der Waals surface area contributed by atoms with Crippen molar-refractivity contribution >= 4 is 44.8 Å². The Hall–Kier alpha value is -4.11. The van der Waals surface area contributed by atoms with Crippen LogP contribution in [-0.4, -0.2) is 51.3 Å². The third-order valence-electron chi connectivity index (χ3n) is 4.03. The maximum atomic E-state index is 11.7. The molecule has 0 saturated carbocycles. The van der Waals surface area contributed by atoms with Crippen LogP contribution >= 0.6 is 0 Å². The highest BCUT2D eigenvalue weighted by atomic mass is 32.2. The molecule has 2 aromatic carbocycles. The first-order valence-corrected chi connectivity index (χ1v) is 11.3. The van der Waals surface area contributed by atoms with Gasteiger partial charge in [0.15, 0.2) is 16.3 Å². The number of nitrogens with two attached hydrogens (primary N) is 1. The Morgan fingerprint density at radius 1 is 0.971 bits per heavy atom. The Balaban J connectivity index is 2.39. The minimum atomic E-state index is -4.73. The number of azo groups is 1. The minimum absolute atomic E-state index is 0.0175. The van der Waals surface area contributed by atoms with Crippen LogP contribution in [0.1, 0.15) is 13.8 Å². The van der Waals surface area contributed by atoms with Gasteiger partial charge in [-0.2, -0.15) is 8.42 Å². The summed E-state index contributed by atoms with van der Waals surface area (Å²) in [6.45, 7) is 2.33. The van der Waals surface area contributed by atoms with Crippen molar-refractivity contribution in [2.75, 3.05) is 32.2 Å². The molecule has 0 heterocycles. The van der Waals surface area contributed by atoms with E-state index in [1.165, 1.54) is 38.1 Å². The Morgan fingerprint density at radius 2 is 1.57 bits per heavy atom. The molecule has 0 aromatic heterocycles. The molecule has 4 N–H and O–H groups in total. The van der Waals surface area contributed by atoms with E-state index in [0.29, 0.717) is 0 Å². The highest BCUT2D eigenvalue weighted by molar-refractivity contribution is 7.86. The van der Waals surface area contributed by atoms with Crippen LogP contribution in [0, 0.1) is 4.91 Å². The Morgan fingerprint density at radius 3 is 2.11 bits per heavy atom. The summed E-state index contributed by atoms with van der Waals surface area (Å²) >= 11 is 0. The van der Waals surface area contributed by atoms with Gasteiger partial charge in [-0.3, -0.25) is 14.1 Å². The van der Waals surface area contributed by atoms with E-state index in [9.17, 15) is 27.5 Å². The fraction of sp³-hybridized carbons (Fsp3) is 0.300. The largest absolute Gasteiger partial charge is 0.488 e. The van der Waals surface area contributed by atoms with Gasteiger partial charge < -0.3 is 24.7 Å². The lowest BCUT2D eigenvalue weighted by atomic mass is 10.2. The van der Waals surface area contributed by atoms with Crippen molar-refractivity contribution in [3.63, 3.8) is 0 Å². The van der Waals surface area contributed by atoms with Crippen molar-refractivity contribution in [3.05, 3.63) is 35.2 Å². The standard InChI is InChI=1S/C20H22N4O10S/c1-12(25)31-5-7-33-18-11-17(19(10-15(18)21)34-8-6-32-13(2)26)23-22-16-4-3-14(24-27)9-20(16)35(28,29)30/h3-4,9-11H,5-8,21H2,1-2H3,(H,28,29,30)/p+1. The number of anilines is 1. The maximum absolute atomic E-state index is 11.7. The number of nitrogens with one attached hydrogen (secondary N) is 1. The van der Waals surface area contributed by atoms with Crippen LogP contribution in [0.3, 0.4) is 0 Å². The van der Waals surface area contributed by atoms with Crippen molar-refractivity contribution in [2.24, 2.45) is 10.3 Å². The molecule has 0 fully saturated rings. The van der Waals surface area contributed by atoms with Crippen LogP contribution < -0.4 is 20.3 Å². The Kier molecular flexibility index (Phi) is 9.60. The van der Waals surface area contributed by atoms with Crippen molar-refractivity contribution in [2.45, 2.75) is 18.7 Å².